The maximum absolute atomic E-state index is 13.0. The van der Waals surface area contributed by atoms with Crippen molar-refractivity contribution in [3.63, 3.8) is 0 Å². The summed E-state index contributed by atoms with van der Waals surface area (Å²) in [5.74, 6) is -0.0959. The molecule has 31 heavy (non-hydrogen) atoms. The first-order chi connectivity index (χ1) is 15.2. The van der Waals surface area contributed by atoms with Crippen molar-refractivity contribution in [2.45, 2.75) is 12.8 Å². The summed E-state index contributed by atoms with van der Waals surface area (Å²) >= 11 is 0. The maximum Gasteiger partial charge on any atom is 0.293 e. The molecule has 0 aliphatic rings. The van der Waals surface area contributed by atoms with Gasteiger partial charge in [-0.05, 0) is 36.2 Å². The van der Waals surface area contributed by atoms with Crippen LogP contribution in [-0.2, 0) is 11.2 Å². The van der Waals surface area contributed by atoms with E-state index in [-0.39, 0.29) is 18.1 Å². The molecule has 0 fully saturated rings. The lowest BCUT2D eigenvalue weighted by Gasteiger charge is -2.10. The lowest BCUT2D eigenvalue weighted by molar-refractivity contribution is -0.116. The van der Waals surface area contributed by atoms with Gasteiger partial charge >= 0.3 is 0 Å². The van der Waals surface area contributed by atoms with E-state index in [4.69, 9.17) is 9.15 Å². The van der Waals surface area contributed by atoms with Crippen LogP contribution in [0.5, 0.6) is 5.75 Å². The fraction of sp³-hybridized carbons (Fsp3) is 0.120. The van der Waals surface area contributed by atoms with Crippen LogP contribution in [0.4, 0.5) is 11.4 Å². The summed E-state index contributed by atoms with van der Waals surface area (Å²) < 4.78 is 11.1. The number of amides is 2. The zero-order valence-corrected chi connectivity index (χ0v) is 17.1. The first kappa shape index (κ1) is 20.2. The molecule has 4 rings (SSSR count). The molecule has 3 aromatic carbocycles. The summed E-state index contributed by atoms with van der Waals surface area (Å²) in [7, 11) is 1.53. The second-order valence-corrected chi connectivity index (χ2v) is 6.99. The average Bonchev–Trinajstić information content (AvgIpc) is 3.17. The van der Waals surface area contributed by atoms with Crippen molar-refractivity contribution in [2.24, 2.45) is 0 Å². The Hall–Kier alpha value is -4.06. The molecule has 2 N–H and O–H groups in total. The van der Waals surface area contributed by atoms with E-state index in [1.54, 1.807) is 24.3 Å². The van der Waals surface area contributed by atoms with E-state index < -0.39 is 5.91 Å². The van der Waals surface area contributed by atoms with Crippen LogP contribution in [0.2, 0.25) is 0 Å². The highest BCUT2D eigenvalue weighted by molar-refractivity contribution is 6.14. The van der Waals surface area contributed by atoms with Gasteiger partial charge in [0.05, 0.1) is 12.8 Å². The molecule has 0 atom stereocenters. The van der Waals surface area contributed by atoms with Gasteiger partial charge in [0, 0.05) is 11.8 Å². The van der Waals surface area contributed by atoms with Gasteiger partial charge in [0.25, 0.3) is 5.91 Å². The van der Waals surface area contributed by atoms with Crippen LogP contribution in [-0.4, -0.2) is 18.9 Å². The number of furan rings is 1. The standard InChI is InChI=1S/C25H22N2O4/c1-30-21-14-8-6-12-19(21)26-25(29)24-23(18-11-5-7-13-20(18)31-24)27-22(28)16-15-17-9-3-2-4-10-17/h2-14H,15-16H2,1H3,(H,26,29)(H,27,28). The Kier molecular flexibility index (Phi) is 5.98. The largest absolute Gasteiger partial charge is 0.495 e. The van der Waals surface area contributed by atoms with Gasteiger partial charge in [0.1, 0.15) is 17.0 Å². The Morgan fingerprint density at radius 3 is 2.39 bits per heavy atom. The molecular weight excluding hydrogens is 392 g/mol. The topological polar surface area (TPSA) is 80.6 Å². The zero-order valence-electron chi connectivity index (χ0n) is 17.1. The van der Waals surface area contributed by atoms with Gasteiger partial charge in [-0.1, -0.05) is 54.6 Å². The first-order valence-corrected chi connectivity index (χ1v) is 9.95. The molecule has 2 amide bonds. The van der Waals surface area contributed by atoms with Crippen LogP contribution in [0.15, 0.2) is 83.3 Å². The summed E-state index contributed by atoms with van der Waals surface area (Å²) in [5.41, 5.74) is 2.47. The van der Waals surface area contributed by atoms with Crippen LogP contribution < -0.4 is 15.4 Å². The number of rotatable bonds is 7. The SMILES string of the molecule is COc1ccccc1NC(=O)c1oc2ccccc2c1NC(=O)CCc1ccccc1. The minimum atomic E-state index is -0.473. The second-order valence-electron chi connectivity index (χ2n) is 6.99. The molecule has 0 unspecified atom stereocenters. The van der Waals surface area contributed by atoms with E-state index in [0.29, 0.717) is 34.5 Å². The van der Waals surface area contributed by atoms with E-state index in [9.17, 15) is 9.59 Å². The monoisotopic (exact) mass is 414 g/mol. The number of anilines is 2. The Labute approximate surface area is 179 Å². The molecule has 0 spiro atoms. The van der Waals surface area contributed by atoms with Gasteiger partial charge in [-0.2, -0.15) is 0 Å². The lowest BCUT2D eigenvalue weighted by Crippen LogP contribution is -2.17. The van der Waals surface area contributed by atoms with Gasteiger partial charge in [-0.3, -0.25) is 9.59 Å². The third-order valence-corrected chi connectivity index (χ3v) is 4.90. The molecule has 0 radical (unpaired) electrons. The van der Waals surface area contributed by atoms with Gasteiger partial charge in [0.15, 0.2) is 0 Å². The van der Waals surface area contributed by atoms with Gasteiger partial charge in [-0.25, -0.2) is 0 Å². The van der Waals surface area contributed by atoms with Crippen molar-refractivity contribution in [1.82, 2.24) is 0 Å². The molecule has 0 saturated heterocycles. The summed E-state index contributed by atoms with van der Waals surface area (Å²) in [6.45, 7) is 0. The fourth-order valence-corrected chi connectivity index (χ4v) is 3.36. The van der Waals surface area contributed by atoms with Crippen LogP contribution in [0.25, 0.3) is 11.0 Å². The Morgan fingerprint density at radius 2 is 1.58 bits per heavy atom. The third kappa shape index (κ3) is 4.59. The van der Waals surface area contributed by atoms with E-state index >= 15 is 0 Å². The van der Waals surface area contributed by atoms with Gasteiger partial charge < -0.3 is 19.8 Å². The average molecular weight is 414 g/mol. The predicted molar refractivity (Wildman–Crippen MR) is 121 cm³/mol. The number of carbonyl (C=O) groups excluding carboxylic acids is 2. The smallest absolute Gasteiger partial charge is 0.293 e. The molecule has 0 aliphatic heterocycles. The number of benzene rings is 3. The molecular formula is C25H22N2O4. The van der Waals surface area contributed by atoms with Crippen molar-refractivity contribution < 1.29 is 18.7 Å². The highest BCUT2D eigenvalue weighted by atomic mass is 16.5. The van der Waals surface area contributed by atoms with Crippen molar-refractivity contribution in [3.05, 3.63) is 90.2 Å². The van der Waals surface area contributed by atoms with Gasteiger partial charge in [-0.15, -0.1) is 0 Å². The Bertz CT molecular complexity index is 1210. The quantitative estimate of drug-likeness (QED) is 0.432. The molecule has 1 aromatic heterocycles. The zero-order chi connectivity index (χ0) is 21.6. The van der Waals surface area contributed by atoms with E-state index in [1.165, 1.54) is 7.11 Å². The van der Waals surface area contributed by atoms with Crippen LogP contribution in [0.3, 0.4) is 0 Å². The number of nitrogens with one attached hydrogen (secondary N) is 2. The normalized spacial score (nSPS) is 10.6. The molecule has 1 heterocycles. The number of methoxy groups -OCH3 is 1. The minimum absolute atomic E-state index is 0.0418. The summed E-state index contributed by atoms with van der Waals surface area (Å²) in [5, 5.41) is 6.34. The van der Waals surface area contributed by atoms with E-state index in [2.05, 4.69) is 10.6 Å². The number of aryl methyl sites for hydroxylation is 1. The van der Waals surface area contributed by atoms with Crippen molar-refractivity contribution in [3.8, 4) is 5.75 Å². The maximum atomic E-state index is 13.0. The third-order valence-electron chi connectivity index (χ3n) is 4.90. The van der Waals surface area contributed by atoms with Crippen LogP contribution >= 0.6 is 0 Å². The molecule has 6 heteroatoms. The number of hydrogen-bond donors (Lipinski definition) is 2. The summed E-state index contributed by atoms with van der Waals surface area (Å²) in [6.07, 6.45) is 0.891. The fourth-order valence-electron chi connectivity index (χ4n) is 3.36. The highest BCUT2D eigenvalue weighted by Gasteiger charge is 2.23. The minimum Gasteiger partial charge on any atom is -0.495 e. The molecule has 0 bridgehead atoms. The number of ether oxygens (including phenoxy) is 1. The van der Waals surface area contributed by atoms with Gasteiger partial charge in [0.2, 0.25) is 11.7 Å². The molecule has 156 valence electrons. The van der Waals surface area contributed by atoms with Crippen LogP contribution in [0, 0.1) is 0 Å². The number of para-hydroxylation sites is 3. The van der Waals surface area contributed by atoms with Crippen molar-refractivity contribution in [2.75, 3.05) is 17.7 Å². The lowest BCUT2D eigenvalue weighted by atomic mass is 10.1. The van der Waals surface area contributed by atoms with Crippen molar-refractivity contribution in [1.29, 1.82) is 0 Å². The Morgan fingerprint density at radius 1 is 0.871 bits per heavy atom. The predicted octanol–water partition coefficient (Wildman–Crippen LogP) is 5.27. The first-order valence-electron chi connectivity index (χ1n) is 9.95. The van der Waals surface area contributed by atoms with Crippen molar-refractivity contribution >= 4 is 34.2 Å². The van der Waals surface area contributed by atoms with Crippen LogP contribution in [0.1, 0.15) is 22.5 Å². The van der Waals surface area contributed by atoms with E-state index in [0.717, 1.165) is 5.56 Å². The Balaban J connectivity index is 1.58. The molecule has 4 aromatic rings. The summed E-state index contributed by atoms with van der Waals surface area (Å²) in [4.78, 5) is 25.7. The number of hydrogen-bond acceptors (Lipinski definition) is 4. The summed E-state index contributed by atoms with van der Waals surface area (Å²) in [6, 6.07) is 24.1. The highest BCUT2D eigenvalue weighted by Crippen LogP contribution is 2.32. The van der Waals surface area contributed by atoms with E-state index in [1.807, 2.05) is 54.6 Å². The molecule has 0 saturated carbocycles. The number of carbonyl (C=O) groups is 2. The molecule has 6 nitrogen and oxygen atoms in total. The number of fused-ring (bicyclic) bond motifs is 1. The second kappa shape index (κ2) is 9.17. The molecule has 0 aliphatic carbocycles.